The predicted octanol–water partition coefficient (Wildman–Crippen LogP) is 2.61. The Morgan fingerprint density at radius 2 is 2.00 bits per heavy atom. The van der Waals surface area contributed by atoms with Crippen molar-refractivity contribution >= 4 is 5.69 Å². The smallest absolute Gasteiger partial charge is 0.126 e. The number of anilines is 1. The SMILES string of the molecule is COCC1CCN(c2cccc(OC)c2[C@@H](C)O)CC1. The van der Waals surface area contributed by atoms with Gasteiger partial charge in [-0.2, -0.15) is 0 Å². The van der Waals surface area contributed by atoms with E-state index in [2.05, 4.69) is 11.0 Å². The van der Waals surface area contributed by atoms with Crippen LogP contribution in [0.1, 0.15) is 31.4 Å². The molecule has 0 amide bonds. The molecule has 0 unspecified atom stereocenters. The lowest BCUT2D eigenvalue weighted by Crippen LogP contribution is -2.35. The van der Waals surface area contributed by atoms with Gasteiger partial charge in [0.1, 0.15) is 5.75 Å². The van der Waals surface area contributed by atoms with E-state index in [0.29, 0.717) is 5.92 Å². The highest BCUT2D eigenvalue weighted by Crippen LogP contribution is 2.36. The van der Waals surface area contributed by atoms with Crippen LogP contribution in [0, 0.1) is 5.92 Å². The molecule has 0 spiro atoms. The highest BCUT2D eigenvalue weighted by molar-refractivity contribution is 5.60. The molecule has 1 aliphatic rings. The summed E-state index contributed by atoms with van der Waals surface area (Å²) in [5, 5.41) is 10.1. The van der Waals surface area contributed by atoms with Crippen molar-refractivity contribution in [3.63, 3.8) is 0 Å². The average molecular weight is 279 g/mol. The van der Waals surface area contributed by atoms with Gasteiger partial charge < -0.3 is 19.5 Å². The third-order valence-corrected chi connectivity index (χ3v) is 4.04. The number of piperidine rings is 1. The fraction of sp³-hybridized carbons (Fsp3) is 0.625. The van der Waals surface area contributed by atoms with Crippen LogP contribution in [0.2, 0.25) is 0 Å². The van der Waals surface area contributed by atoms with Gasteiger partial charge >= 0.3 is 0 Å². The summed E-state index contributed by atoms with van der Waals surface area (Å²) in [6.45, 7) is 4.63. The molecule has 1 aliphatic heterocycles. The highest BCUT2D eigenvalue weighted by Gasteiger charge is 2.23. The number of benzene rings is 1. The summed E-state index contributed by atoms with van der Waals surface area (Å²) in [6, 6.07) is 5.96. The second-order valence-corrected chi connectivity index (χ2v) is 5.45. The molecule has 1 atom stereocenters. The number of hydrogen-bond donors (Lipinski definition) is 1. The van der Waals surface area contributed by atoms with Crippen LogP contribution >= 0.6 is 0 Å². The Hall–Kier alpha value is -1.26. The zero-order chi connectivity index (χ0) is 14.5. The van der Waals surface area contributed by atoms with Gasteiger partial charge in [-0.05, 0) is 37.8 Å². The van der Waals surface area contributed by atoms with Crippen LogP contribution < -0.4 is 9.64 Å². The number of aliphatic hydroxyl groups excluding tert-OH is 1. The minimum atomic E-state index is -0.530. The van der Waals surface area contributed by atoms with E-state index in [-0.39, 0.29) is 0 Å². The first kappa shape index (κ1) is 15.1. The van der Waals surface area contributed by atoms with E-state index in [1.54, 1.807) is 21.1 Å². The molecule has 4 heteroatoms. The van der Waals surface area contributed by atoms with Crippen LogP contribution in [-0.2, 0) is 4.74 Å². The Morgan fingerprint density at radius 3 is 2.55 bits per heavy atom. The molecule has 1 aromatic rings. The normalized spacial score (nSPS) is 18.1. The maximum atomic E-state index is 10.1. The van der Waals surface area contributed by atoms with E-state index in [9.17, 15) is 5.11 Å². The lowest BCUT2D eigenvalue weighted by molar-refractivity contribution is 0.139. The molecule has 0 aromatic heterocycles. The zero-order valence-electron chi connectivity index (χ0n) is 12.6. The first-order chi connectivity index (χ1) is 9.67. The molecule has 1 aromatic carbocycles. The fourth-order valence-corrected chi connectivity index (χ4v) is 2.98. The number of rotatable bonds is 5. The largest absolute Gasteiger partial charge is 0.496 e. The molecule has 20 heavy (non-hydrogen) atoms. The van der Waals surface area contributed by atoms with E-state index < -0.39 is 6.10 Å². The second kappa shape index (κ2) is 6.95. The third-order valence-electron chi connectivity index (χ3n) is 4.04. The van der Waals surface area contributed by atoms with Gasteiger partial charge in [0.05, 0.1) is 13.2 Å². The Morgan fingerprint density at radius 1 is 1.30 bits per heavy atom. The molecule has 1 heterocycles. The summed E-state index contributed by atoms with van der Waals surface area (Å²) < 4.78 is 10.6. The van der Waals surface area contributed by atoms with E-state index in [0.717, 1.165) is 49.5 Å². The molecule has 0 aliphatic carbocycles. The average Bonchev–Trinajstić information content (AvgIpc) is 2.47. The summed E-state index contributed by atoms with van der Waals surface area (Å²) in [7, 11) is 3.41. The highest BCUT2D eigenvalue weighted by atomic mass is 16.5. The molecule has 0 bridgehead atoms. The lowest BCUT2D eigenvalue weighted by Gasteiger charge is -2.35. The second-order valence-electron chi connectivity index (χ2n) is 5.45. The summed E-state index contributed by atoms with van der Waals surface area (Å²) in [5.74, 6) is 1.41. The molecule has 112 valence electrons. The molecule has 1 saturated heterocycles. The number of nitrogens with zero attached hydrogens (tertiary/aromatic N) is 1. The molecule has 4 nitrogen and oxygen atoms in total. The summed E-state index contributed by atoms with van der Waals surface area (Å²) in [6.07, 6.45) is 1.73. The van der Waals surface area contributed by atoms with Crippen LogP contribution in [0.25, 0.3) is 0 Å². The van der Waals surface area contributed by atoms with E-state index in [1.165, 1.54) is 0 Å². The van der Waals surface area contributed by atoms with Crippen molar-refractivity contribution in [1.82, 2.24) is 0 Å². The van der Waals surface area contributed by atoms with E-state index in [4.69, 9.17) is 9.47 Å². The standard InChI is InChI=1S/C16H25NO3/c1-12(18)16-14(5-4-6-15(16)20-3)17-9-7-13(8-10-17)11-19-2/h4-6,12-13,18H,7-11H2,1-3H3/t12-/m1/s1. The van der Waals surface area contributed by atoms with Crippen molar-refractivity contribution in [1.29, 1.82) is 0 Å². The van der Waals surface area contributed by atoms with Gasteiger partial charge in [0.25, 0.3) is 0 Å². The summed E-state index contributed by atoms with van der Waals surface area (Å²) >= 11 is 0. The van der Waals surface area contributed by atoms with E-state index in [1.807, 2.05) is 12.1 Å². The Bertz CT molecular complexity index is 426. The molecule has 2 rings (SSSR count). The van der Waals surface area contributed by atoms with Crippen LogP contribution in [0.15, 0.2) is 18.2 Å². The summed E-state index contributed by atoms with van der Waals surface area (Å²) in [5.41, 5.74) is 1.98. The van der Waals surface area contributed by atoms with Crippen molar-refractivity contribution in [3.8, 4) is 5.75 Å². The minimum absolute atomic E-state index is 0.530. The van der Waals surface area contributed by atoms with Crippen molar-refractivity contribution < 1.29 is 14.6 Å². The van der Waals surface area contributed by atoms with E-state index >= 15 is 0 Å². The molecule has 1 N–H and O–H groups in total. The maximum absolute atomic E-state index is 10.1. The molecular formula is C16H25NO3. The van der Waals surface area contributed by atoms with Gasteiger partial charge in [-0.25, -0.2) is 0 Å². The Kier molecular flexibility index (Phi) is 5.26. The van der Waals surface area contributed by atoms with Gasteiger partial charge in [-0.15, -0.1) is 0 Å². The monoisotopic (exact) mass is 279 g/mol. The molecular weight excluding hydrogens is 254 g/mol. The van der Waals surface area contributed by atoms with Crippen LogP contribution in [0.5, 0.6) is 5.75 Å². The van der Waals surface area contributed by atoms with Gasteiger partial charge in [-0.3, -0.25) is 0 Å². The number of methoxy groups -OCH3 is 2. The fourth-order valence-electron chi connectivity index (χ4n) is 2.98. The van der Waals surface area contributed by atoms with Crippen molar-refractivity contribution in [2.75, 3.05) is 38.8 Å². The van der Waals surface area contributed by atoms with Crippen LogP contribution in [0.3, 0.4) is 0 Å². The van der Waals surface area contributed by atoms with Gasteiger partial charge in [0, 0.05) is 38.1 Å². The van der Waals surface area contributed by atoms with Gasteiger partial charge in [-0.1, -0.05) is 6.07 Å². The zero-order valence-corrected chi connectivity index (χ0v) is 12.6. The van der Waals surface area contributed by atoms with Crippen LogP contribution in [-0.4, -0.2) is 39.0 Å². The van der Waals surface area contributed by atoms with Crippen LogP contribution in [0.4, 0.5) is 5.69 Å². The molecule has 0 saturated carbocycles. The maximum Gasteiger partial charge on any atom is 0.126 e. The summed E-state index contributed by atoms with van der Waals surface area (Å²) in [4.78, 5) is 2.34. The third kappa shape index (κ3) is 3.25. The lowest BCUT2D eigenvalue weighted by atomic mass is 9.96. The minimum Gasteiger partial charge on any atom is -0.496 e. The van der Waals surface area contributed by atoms with Gasteiger partial charge in [0.2, 0.25) is 0 Å². The molecule has 1 fully saturated rings. The predicted molar refractivity (Wildman–Crippen MR) is 80.4 cm³/mol. The first-order valence-electron chi connectivity index (χ1n) is 7.26. The topological polar surface area (TPSA) is 41.9 Å². The van der Waals surface area contributed by atoms with Gasteiger partial charge in [0.15, 0.2) is 0 Å². The number of ether oxygens (including phenoxy) is 2. The Labute approximate surface area is 121 Å². The quantitative estimate of drug-likeness (QED) is 0.899. The van der Waals surface area contributed by atoms with Crippen molar-refractivity contribution in [3.05, 3.63) is 23.8 Å². The Balaban J connectivity index is 2.17. The number of hydrogen-bond acceptors (Lipinski definition) is 4. The van der Waals surface area contributed by atoms with Crippen molar-refractivity contribution in [2.24, 2.45) is 5.92 Å². The molecule has 0 radical (unpaired) electrons. The first-order valence-corrected chi connectivity index (χ1v) is 7.26. The number of aliphatic hydroxyl groups is 1. The van der Waals surface area contributed by atoms with Crippen molar-refractivity contribution in [2.45, 2.75) is 25.9 Å².